The quantitative estimate of drug-likeness (QED) is 0.896. The molecule has 0 heterocycles. The second kappa shape index (κ2) is 7.17. The maximum absolute atomic E-state index is 12.9. The van der Waals surface area contributed by atoms with Gasteiger partial charge in [0, 0.05) is 17.9 Å². The van der Waals surface area contributed by atoms with Crippen LogP contribution in [0.15, 0.2) is 54.6 Å². The van der Waals surface area contributed by atoms with Crippen LogP contribution in [0.4, 0.5) is 24.5 Å². The van der Waals surface area contributed by atoms with Crippen LogP contribution in [0.2, 0.25) is 0 Å². The van der Waals surface area contributed by atoms with Gasteiger partial charge in [0.05, 0.1) is 12.1 Å². The Bertz CT molecular complexity index is 656. The summed E-state index contributed by atoms with van der Waals surface area (Å²) in [6.45, 7) is 2.04. The summed E-state index contributed by atoms with van der Waals surface area (Å²) in [6, 6.07) is 14.1. The van der Waals surface area contributed by atoms with E-state index < -0.39 is 11.7 Å². The average Bonchev–Trinajstić information content (AvgIpc) is 2.54. The van der Waals surface area contributed by atoms with Crippen molar-refractivity contribution in [3.63, 3.8) is 0 Å². The topological polar surface area (TPSA) is 32.3 Å². The van der Waals surface area contributed by atoms with Gasteiger partial charge in [-0.15, -0.1) is 0 Å². The first-order valence-corrected chi connectivity index (χ1v) is 7.19. The van der Waals surface area contributed by atoms with Crippen LogP contribution in [0.3, 0.4) is 0 Å². The maximum Gasteiger partial charge on any atom is 0.418 e. The molecule has 0 saturated heterocycles. The number of amides is 1. The van der Waals surface area contributed by atoms with Crippen LogP contribution in [0.5, 0.6) is 0 Å². The van der Waals surface area contributed by atoms with Crippen LogP contribution in [0, 0.1) is 0 Å². The highest BCUT2D eigenvalue weighted by Gasteiger charge is 2.33. The fourth-order valence-corrected chi connectivity index (χ4v) is 2.26. The Morgan fingerprint density at radius 2 is 1.65 bits per heavy atom. The van der Waals surface area contributed by atoms with Crippen molar-refractivity contribution in [3.05, 3.63) is 60.2 Å². The van der Waals surface area contributed by atoms with Gasteiger partial charge in [0.25, 0.3) is 0 Å². The summed E-state index contributed by atoms with van der Waals surface area (Å²) in [5, 5.41) is 2.59. The summed E-state index contributed by atoms with van der Waals surface area (Å²) >= 11 is 0. The van der Waals surface area contributed by atoms with Gasteiger partial charge < -0.3 is 10.2 Å². The lowest BCUT2D eigenvalue weighted by molar-refractivity contribution is -0.137. The van der Waals surface area contributed by atoms with Gasteiger partial charge in [-0.05, 0) is 31.2 Å². The van der Waals surface area contributed by atoms with Crippen molar-refractivity contribution in [1.82, 2.24) is 0 Å². The Morgan fingerprint density at radius 3 is 2.26 bits per heavy atom. The van der Waals surface area contributed by atoms with Gasteiger partial charge in [0.15, 0.2) is 0 Å². The molecule has 0 aliphatic carbocycles. The first-order chi connectivity index (χ1) is 10.9. The van der Waals surface area contributed by atoms with E-state index in [4.69, 9.17) is 0 Å². The number of alkyl halides is 3. The average molecular weight is 322 g/mol. The third-order valence-electron chi connectivity index (χ3n) is 3.35. The molecule has 1 N–H and O–H groups in total. The van der Waals surface area contributed by atoms with Gasteiger partial charge in [-0.2, -0.15) is 13.2 Å². The molecule has 0 unspecified atom stereocenters. The van der Waals surface area contributed by atoms with Crippen LogP contribution < -0.4 is 10.2 Å². The van der Waals surface area contributed by atoms with Crippen LogP contribution in [0.25, 0.3) is 0 Å². The molecule has 0 atom stereocenters. The van der Waals surface area contributed by atoms with Gasteiger partial charge in [0.2, 0.25) is 5.91 Å². The van der Waals surface area contributed by atoms with E-state index in [9.17, 15) is 18.0 Å². The smallest absolute Gasteiger partial charge is 0.376 e. The Balaban J connectivity index is 2.10. The van der Waals surface area contributed by atoms with E-state index in [1.165, 1.54) is 23.1 Å². The summed E-state index contributed by atoms with van der Waals surface area (Å²) in [7, 11) is 0. The molecule has 122 valence electrons. The zero-order valence-corrected chi connectivity index (χ0v) is 12.6. The molecule has 1 amide bonds. The lowest BCUT2D eigenvalue weighted by atomic mass is 10.1. The molecule has 0 spiro atoms. The van der Waals surface area contributed by atoms with Crippen molar-refractivity contribution in [2.24, 2.45) is 0 Å². The largest absolute Gasteiger partial charge is 0.418 e. The number of benzene rings is 2. The second-order valence-corrected chi connectivity index (χ2v) is 4.87. The Hall–Kier alpha value is -2.50. The summed E-state index contributed by atoms with van der Waals surface area (Å²) in [6.07, 6.45) is -4.46. The van der Waals surface area contributed by atoms with Crippen molar-refractivity contribution in [2.75, 3.05) is 23.3 Å². The zero-order valence-electron chi connectivity index (χ0n) is 12.6. The van der Waals surface area contributed by atoms with Gasteiger partial charge in [-0.25, -0.2) is 0 Å². The zero-order chi connectivity index (χ0) is 16.9. The molecule has 2 aromatic rings. The highest BCUT2D eigenvalue weighted by molar-refractivity contribution is 5.96. The number of hydrogen-bond acceptors (Lipinski definition) is 2. The molecule has 0 radical (unpaired) electrons. The molecular weight excluding hydrogens is 305 g/mol. The minimum absolute atomic E-state index is 0.0996. The van der Waals surface area contributed by atoms with E-state index in [2.05, 4.69) is 5.32 Å². The summed E-state index contributed by atoms with van der Waals surface area (Å²) < 4.78 is 38.8. The molecule has 0 aromatic heterocycles. The lowest BCUT2D eigenvalue weighted by Gasteiger charge is -2.22. The van der Waals surface area contributed by atoms with Gasteiger partial charge >= 0.3 is 6.18 Å². The van der Waals surface area contributed by atoms with E-state index in [1.807, 2.05) is 13.0 Å². The second-order valence-electron chi connectivity index (χ2n) is 4.87. The predicted molar refractivity (Wildman–Crippen MR) is 84.4 cm³/mol. The standard InChI is InChI=1S/C17H17F3N2O/c1-2-22(13-8-4-3-5-9-13)16(23)12-21-15-11-7-6-10-14(15)17(18,19)20/h3-11,21H,2,12H2,1H3. The Morgan fingerprint density at radius 1 is 1.04 bits per heavy atom. The van der Waals surface area contributed by atoms with Gasteiger partial charge in [-0.1, -0.05) is 30.3 Å². The van der Waals surface area contributed by atoms with Gasteiger partial charge in [-0.3, -0.25) is 4.79 Å². The third-order valence-corrected chi connectivity index (χ3v) is 3.35. The minimum atomic E-state index is -4.46. The lowest BCUT2D eigenvalue weighted by Crippen LogP contribution is -2.35. The molecule has 6 heteroatoms. The fraction of sp³-hybridized carbons (Fsp3) is 0.235. The number of nitrogens with zero attached hydrogens (tertiary/aromatic N) is 1. The molecule has 0 aliphatic rings. The number of para-hydroxylation sites is 2. The SMILES string of the molecule is CCN(C(=O)CNc1ccccc1C(F)(F)F)c1ccccc1. The number of nitrogens with one attached hydrogen (secondary N) is 1. The monoisotopic (exact) mass is 322 g/mol. The van der Waals surface area contributed by atoms with E-state index >= 15 is 0 Å². The number of carbonyl (C=O) groups is 1. The molecule has 0 aliphatic heterocycles. The van der Waals surface area contributed by atoms with Gasteiger partial charge in [0.1, 0.15) is 0 Å². The molecule has 0 fully saturated rings. The number of rotatable bonds is 5. The number of carbonyl (C=O) groups excluding carboxylic acids is 1. The van der Waals surface area contributed by atoms with Crippen molar-refractivity contribution in [2.45, 2.75) is 13.1 Å². The van der Waals surface area contributed by atoms with E-state index in [1.54, 1.807) is 24.3 Å². The number of anilines is 2. The molecule has 0 bridgehead atoms. The number of halogens is 3. The highest BCUT2D eigenvalue weighted by atomic mass is 19.4. The van der Waals surface area contributed by atoms with E-state index in [0.29, 0.717) is 12.2 Å². The van der Waals surface area contributed by atoms with Crippen LogP contribution in [0.1, 0.15) is 12.5 Å². The van der Waals surface area contributed by atoms with E-state index in [0.717, 1.165) is 6.07 Å². The Kier molecular flexibility index (Phi) is 5.26. The van der Waals surface area contributed by atoms with E-state index in [-0.39, 0.29) is 18.1 Å². The van der Waals surface area contributed by atoms with Crippen LogP contribution in [-0.4, -0.2) is 19.0 Å². The molecular formula is C17H17F3N2O. The number of hydrogen-bond donors (Lipinski definition) is 1. The number of likely N-dealkylation sites (N-methyl/N-ethyl adjacent to an activating group) is 1. The predicted octanol–water partition coefficient (Wildman–Crippen LogP) is 4.17. The molecule has 23 heavy (non-hydrogen) atoms. The minimum Gasteiger partial charge on any atom is -0.376 e. The Labute approximate surface area is 132 Å². The first-order valence-electron chi connectivity index (χ1n) is 7.19. The molecule has 3 nitrogen and oxygen atoms in total. The van der Waals surface area contributed by atoms with Crippen molar-refractivity contribution < 1.29 is 18.0 Å². The summed E-state index contributed by atoms with van der Waals surface area (Å²) in [5.74, 6) is -0.296. The molecule has 0 saturated carbocycles. The molecule has 2 aromatic carbocycles. The first kappa shape index (κ1) is 16.9. The normalized spacial score (nSPS) is 11.1. The highest BCUT2D eigenvalue weighted by Crippen LogP contribution is 2.34. The third kappa shape index (κ3) is 4.25. The van der Waals surface area contributed by atoms with Crippen LogP contribution >= 0.6 is 0 Å². The van der Waals surface area contributed by atoms with Crippen molar-refractivity contribution >= 4 is 17.3 Å². The van der Waals surface area contributed by atoms with Crippen molar-refractivity contribution in [3.8, 4) is 0 Å². The maximum atomic E-state index is 12.9. The summed E-state index contributed by atoms with van der Waals surface area (Å²) in [5.41, 5.74) is -0.168. The fourth-order valence-electron chi connectivity index (χ4n) is 2.26. The van der Waals surface area contributed by atoms with Crippen molar-refractivity contribution in [1.29, 1.82) is 0 Å². The van der Waals surface area contributed by atoms with Crippen LogP contribution in [-0.2, 0) is 11.0 Å². The summed E-state index contributed by atoms with van der Waals surface area (Å²) in [4.78, 5) is 13.8. The molecule has 2 rings (SSSR count).